The molecule has 1 aliphatic heterocycles. The number of amides is 2. The van der Waals surface area contributed by atoms with Crippen molar-refractivity contribution in [2.75, 3.05) is 33.4 Å². The molecular weight excluding hydrogens is 368 g/mol. The van der Waals surface area contributed by atoms with Gasteiger partial charge in [0, 0.05) is 52.5 Å². The SMILES string of the molecule is COCCCN(CCC(=O)N1CCc2ccccc2C1)C(=O)c1cnc(C)cn1. The van der Waals surface area contributed by atoms with Crippen LogP contribution >= 0.6 is 0 Å². The highest BCUT2D eigenvalue weighted by Crippen LogP contribution is 2.19. The molecule has 0 unspecified atom stereocenters. The molecule has 0 saturated carbocycles. The number of methoxy groups -OCH3 is 1. The number of ether oxygens (including phenoxy) is 1. The minimum atomic E-state index is -0.203. The maximum atomic E-state index is 12.9. The molecule has 0 radical (unpaired) electrons. The van der Waals surface area contributed by atoms with E-state index in [9.17, 15) is 9.59 Å². The van der Waals surface area contributed by atoms with Crippen LogP contribution in [0.15, 0.2) is 36.7 Å². The van der Waals surface area contributed by atoms with E-state index in [1.54, 1.807) is 18.2 Å². The van der Waals surface area contributed by atoms with Crippen LogP contribution in [0.25, 0.3) is 0 Å². The fraction of sp³-hybridized carbons (Fsp3) is 0.455. The summed E-state index contributed by atoms with van der Waals surface area (Å²) < 4.78 is 5.11. The summed E-state index contributed by atoms with van der Waals surface area (Å²) in [5.41, 5.74) is 3.57. The molecule has 0 spiro atoms. The molecule has 0 N–H and O–H groups in total. The van der Waals surface area contributed by atoms with Crippen molar-refractivity contribution in [2.24, 2.45) is 0 Å². The summed E-state index contributed by atoms with van der Waals surface area (Å²) in [6.07, 6.45) is 4.94. The van der Waals surface area contributed by atoms with Gasteiger partial charge < -0.3 is 14.5 Å². The molecule has 1 aromatic heterocycles. The molecule has 0 bridgehead atoms. The highest BCUT2D eigenvalue weighted by atomic mass is 16.5. The van der Waals surface area contributed by atoms with E-state index in [1.807, 2.05) is 24.0 Å². The molecule has 7 heteroatoms. The van der Waals surface area contributed by atoms with Crippen molar-refractivity contribution in [2.45, 2.75) is 32.7 Å². The van der Waals surface area contributed by atoms with Gasteiger partial charge in [0.15, 0.2) is 0 Å². The Hall–Kier alpha value is -2.80. The van der Waals surface area contributed by atoms with Crippen molar-refractivity contribution in [3.63, 3.8) is 0 Å². The summed E-state index contributed by atoms with van der Waals surface area (Å²) in [6, 6.07) is 8.24. The molecule has 0 saturated heterocycles. The van der Waals surface area contributed by atoms with E-state index >= 15 is 0 Å². The maximum absolute atomic E-state index is 12.9. The molecule has 154 valence electrons. The largest absolute Gasteiger partial charge is 0.385 e. The van der Waals surface area contributed by atoms with E-state index in [-0.39, 0.29) is 11.8 Å². The Morgan fingerprint density at radius 1 is 1.14 bits per heavy atom. The molecular formula is C22H28N4O3. The zero-order valence-corrected chi connectivity index (χ0v) is 17.1. The van der Waals surface area contributed by atoms with Crippen LogP contribution in [0.5, 0.6) is 0 Å². The average molecular weight is 396 g/mol. The van der Waals surface area contributed by atoms with Crippen molar-refractivity contribution in [1.82, 2.24) is 19.8 Å². The van der Waals surface area contributed by atoms with Crippen molar-refractivity contribution >= 4 is 11.8 Å². The van der Waals surface area contributed by atoms with Gasteiger partial charge in [-0.3, -0.25) is 14.6 Å². The molecule has 2 aromatic rings. The Morgan fingerprint density at radius 3 is 2.66 bits per heavy atom. The van der Waals surface area contributed by atoms with E-state index in [4.69, 9.17) is 4.74 Å². The lowest BCUT2D eigenvalue weighted by molar-refractivity contribution is -0.132. The van der Waals surface area contributed by atoms with Crippen LogP contribution in [0.1, 0.15) is 40.2 Å². The van der Waals surface area contributed by atoms with Crippen molar-refractivity contribution in [1.29, 1.82) is 0 Å². The number of rotatable bonds is 8. The van der Waals surface area contributed by atoms with Gasteiger partial charge in [-0.05, 0) is 30.9 Å². The first-order valence-electron chi connectivity index (χ1n) is 10.00. The van der Waals surface area contributed by atoms with Gasteiger partial charge in [-0.1, -0.05) is 24.3 Å². The molecule has 2 heterocycles. The van der Waals surface area contributed by atoms with Gasteiger partial charge in [0.2, 0.25) is 5.91 Å². The molecule has 7 nitrogen and oxygen atoms in total. The van der Waals surface area contributed by atoms with Gasteiger partial charge in [-0.25, -0.2) is 4.98 Å². The lowest BCUT2D eigenvalue weighted by Crippen LogP contribution is -2.40. The van der Waals surface area contributed by atoms with Crippen LogP contribution in [0, 0.1) is 6.92 Å². The Labute approximate surface area is 171 Å². The average Bonchev–Trinajstić information content (AvgIpc) is 2.75. The summed E-state index contributed by atoms with van der Waals surface area (Å²) in [5, 5.41) is 0. The quantitative estimate of drug-likeness (QED) is 0.640. The molecule has 3 rings (SSSR count). The number of fused-ring (bicyclic) bond motifs is 1. The first-order valence-corrected chi connectivity index (χ1v) is 10.00. The van der Waals surface area contributed by atoms with E-state index < -0.39 is 0 Å². The van der Waals surface area contributed by atoms with Gasteiger partial charge in [0.25, 0.3) is 5.91 Å². The number of carbonyl (C=O) groups excluding carboxylic acids is 2. The van der Waals surface area contributed by atoms with Gasteiger partial charge in [-0.2, -0.15) is 0 Å². The number of aryl methyl sites for hydroxylation is 1. The second-order valence-corrected chi connectivity index (χ2v) is 7.27. The van der Waals surface area contributed by atoms with Gasteiger partial charge in [0.05, 0.1) is 11.9 Å². The lowest BCUT2D eigenvalue weighted by Gasteiger charge is -2.30. The van der Waals surface area contributed by atoms with E-state index in [0.29, 0.717) is 44.8 Å². The Kier molecular flexibility index (Phi) is 7.30. The predicted octanol–water partition coefficient (Wildman–Crippen LogP) is 2.24. The molecule has 2 amide bonds. The lowest BCUT2D eigenvalue weighted by atomic mass is 10.00. The molecule has 0 fully saturated rings. The summed E-state index contributed by atoms with van der Waals surface area (Å²) in [4.78, 5) is 37.5. The molecule has 0 atom stereocenters. The minimum absolute atomic E-state index is 0.0686. The second kappa shape index (κ2) is 10.1. The third-order valence-corrected chi connectivity index (χ3v) is 5.14. The maximum Gasteiger partial charge on any atom is 0.274 e. The van der Waals surface area contributed by atoms with Gasteiger partial charge in [0.1, 0.15) is 5.69 Å². The molecule has 1 aromatic carbocycles. The zero-order valence-electron chi connectivity index (χ0n) is 17.1. The zero-order chi connectivity index (χ0) is 20.6. The smallest absolute Gasteiger partial charge is 0.274 e. The van der Waals surface area contributed by atoms with Crippen molar-refractivity contribution < 1.29 is 14.3 Å². The number of benzene rings is 1. The first kappa shape index (κ1) is 20.9. The number of carbonyl (C=O) groups is 2. The van der Waals surface area contributed by atoms with Crippen molar-refractivity contribution in [3.8, 4) is 0 Å². The van der Waals surface area contributed by atoms with Gasteiger partial charge >= 0.3 is 0 Å². The summed E-state index contributed by atoms with van der Waals surface area (Å²) >= 11 is 0. The Balaban J connectivity index is 1.61. The third-order valence-electron chi connectivity index (χ3n) is 5.14. The summed E-state index contributed by atoms with van der Waals surface area (Å²) in [7, 11) is 1.63. The summed E-state index contributed by atoms with van der Waals surface area (Å²) in [5.74, 6) is -0.135. The Morgan fingerprint density at radius 2 is 1.93 bits per heavy atom. The summed E-state index contributed by atoms with van der Waals surface area (Å²) in [6.45, 7) is 4.60. The molecule has 0 aliphatic carbocycles. The standard InChI is InChI=1S/C22H28N4O3/c1-17-14-24-20(15-23-17)22(28)25(10-5-13-29-2)12-9-21(27)26-11-8-18-6-3-4-7-19(18)16-26/h3-4,6-7,14-15H,5,8-13,16H2,1-2H3. The van der Waals surface area contributed by atoms with Crippen LogP contribution in [-0.4, -0.2) is 64.9 Å². The number of aromatic nitrogens is 2. The normalized spacial score (nSPS) is 13.1. The number of hydrogen-bond donors (Lipinski definition) is 0. The minimum Gasteiger partial charge on any atom is -0.385 e. The van der Waals surface area contributed by atoms with Crippen LogP contribution in [0.2, 0.25) is 0 Å². The van der Waals surface area contributed by atoms with Crippen LogP contribution in [0.3, 0.4) is 0 Å². The first-order chi connectivity index (χ1) is 14.1. The van der Waals surface area contributed by atoms with Crippen LogP contribution in [-0.2, 0) is 22.5 Å². The highest BCUT2D eigenvalue weighted by Gasteiger charge is 2.23. The fourth-order valence-corrected chi connectivity index (χ4v) is 3.48. The highest BCUT2D eigenvalue weighted by molar-refractivity contribution is 5.92. The van der Waals surface area contributed by atoms with Crippen LogP contribution < -0.4 is 0 Å². The monoisotopic (exact) mass is 396 g/mol. The van der Waals surface area contributed by atoms with E-state index in [0.717, 1.165) is 18.7 Å². The van der Waals surface area contributed by atoms with Crippen molar-refractivity contribution in [3.05, 3.63) is 59.2 Å². The topological polar surface area (TPSA) is 75.6 Å². The number of nitrogens with zero attached hydrogens (tertiary/aromatic N) is 4. The molecule has 29 heavy (non-hydrogen) atoms. The second-order valence-electron chi connectivity index (χ2n) is 7.27. The third kappa shape index (κ3) is 5.60. The fourth-order valence-electron chi connectivity index (χ4n) is 3.48. The van der Waals surface area contributed by atoms with Crippen LogP contribution in [0.4, 0.5) is 0 Å². The number of hydrogen-bond acceptors (Lipinski definition) is 5. The van der Waals surface area contributed by atoms with Gasteiger partial charge in [-0.15, -0.1) is 0 Å². The van der Waals surface area contributed by atoms with E-state index in [2.05, 4.69) is 22.1 Å². The molecule has 1 aliphatic rings. The Bertz CT molecular complexity index is 838. The predicted molar refractivity (Wildman–Crippen MR) is 109 cm³/mol. The van der Waals surface area contributed by atoms with E-state index in [1.165, 1.54) is 17.3 Å².